The summed E-state index contributed by atoms with van der Waals surface area (Å²) in [6.45, 7) is 8.06. The van der Waals surface area contributed by atoms with Crippen molar-refractivity contribution in [3.8, 4) is 0 Å². The molecule has 24 heavy (non-hydrogen) atoms. The van der Waals surface area contributed by atoms with Gasteiger partial charge in [0.25, 0.3) is 0 Å². The summed E-state index contributed by atoms with van der Waals surface area (Å²) in [4.78, 5) is 16.7. The molecule has 0 spiro atoms. The molecule has 134 valence electrons. The van der Waals surface area contributed by atoms with Gasteiger partial charge in [-0.15, -0.1) is 0 Å². The van der Waals surface area contributed by atoms with Crippen LogP contribution in [0.15, 0.2) is 22.4 Å². The topological polar surface area (TPSA) is 63.6 Å². The highest BCUT2D eigenvalue weighted by Gasteiger charge is 2.01. The van der Waals surface area contributed by atoms with Crippen LogP contribution in [0.3, 0.4) is 0 Å². The minimum Gasteiger partial charge on any atom is -0.368 e. The van der Waals surface area contributed by atoms with E-state index in [9.17, 15) is 0 Å². The van der Waals surface area contributed by atoms with Crippen molar-refractivity contribution in [3.63, 3.8) is 0 Å². The molecule has 8 heteroatoms. The summed E-state index contributed by atoms with van der Waals surface area (Å²) in [6, 6.07) is 4.10. The monoisotopic (exact) mass is 387 g/mol. The molecule has 0 aliphatic heterocycles. The minimum atomic E-state index is 0. The number of aryl methyl sites for hydroxylation is 2. The number of halogens is 1. The molecule has 0 unspecified atom stereocenters. The molecule has 0 aliphatic carbocycles. The average molecular weight is 388 g/mol. The van der Waals surface area contributed by atoms with Gasteiger partial charge in [-0.05, 0) is 46.3 Å². The minimum absolute atomic E-state index is 0. The van der Waals surface area contributed by atoms with Crippen molar-refractivity contribution >= 4 is 40.9 Å². The predicted molar refractivity (Wildman–Crippen MR) is 108 cm³/mol. The second kappa shape index (κ2) is 11.5. The molecule has 0 fully saturated rings. The van der Waals surface area contributed by atoms with Crippen LogP contribution in [-0.2, 0) is 0 Å². The average Bonchev–Trinajstić information content (AvgIpc) is 2.45. The van der Waals surface area contributed by atoms with Gasteiger partial charge in [-0.1, -0.05) is 42.6 Å². The van der Waals surface area contributed by atoms with Crippen molar-refractivity contribution in [2.45, 2.75) is 51.5 Å². The first-order chi connectivity index (χ1) is 10.8. The Morgan fingerprint density at radius 1 is 0.917 bits per heavy atom. The molecular formula is C16H26ClN5S2. The lowest BCUT2D eigenvalue weighted by molar-refractivity contribution is 0.860. The number of aromatic nitrogens is 4. The van der Waals surface area contributed by atoms with E-state index in [4.69, 9.17) is 11.6 Å². The molecule has 0 saturated carbocycles. The highest BCUT2D eigenvalue weighted by atomic mass is 35.5. The molecule has 0 atom stereocenters. The highest BCUT2D eigenvalue weighted by molar-refractivity contribution is 7.98. The number of nitrogens with zero attached hydrogens (tertiary/aromatic N) is 4. The first-order valence-electron chi connectivity index (χ1n) is 7.05. The third-order valence-electron chi connectivity index (χ3n) is 2.44. The number of anilines is 1. The second-order valence-corrected chi connectivity index (χ2v) is 6.93. The van der Waals surface area contributed by atoms with Gasteiger partial charge in [0.05, 0.1) is 0 Å². The normalized spacial score (nSPS) is 9.83. The van der Waals surface area contributed by atoms with E-state index in [-0.39, 0.29) is 7.43 Å². The van der Waals surface area contributed by atoms with Crippen LogP contribution in [0.25, 0.3) is 0 Å². The van der Waals surface area contributed by atoms with Gasteiger partial charge in [-0.2, -0.15) is 0 Å². The number of rotatable bonds is 4. The largest absolute Gasteiger partial charge is 0.368 e. The molecule has 2 aromatic heterocycles. The lowest BCUT2D eigenvalue weighted by Gasteiger charge is -2.09. The Bertz CT molecular complexity index is 618. The van der Waals surface area contributed by atoms with Crippen LogP contribution in [-0.4, -0.2) is 38.5 Å². The smallest absolute Gasteiger partial charge is 0.189 e. The lowest BCUT2D eigenvalue weighted by atomic mass is 10.3. The van der Waals surface area contributed by atoms with Crippen molar-refractivity contribution in [1.82, 2.24) is 19.9 Å². The first kappa shape index (κ1) is 22.9. The highest BCUT2D eigenvalue weighted by Crippen LogP contribution is 2.14. The van der Waals surface area contributed by atoms with Gasteiger partial charge in [-0.3, -0.25) is 0 Å². The van der Waals surface area contributed by atoms with Crippen molar-refractivity contribution in [3.05, 3.63) is 28.7 Å². The molecule has 0 aliphatic rings. The van der Waals surface area contributed by atoms with E-state index in [1.54, 1.807) is 17.8 Å². The predicted octanol–water partition coefficient (Wildman–Crippen LogP) is 5.12. The summed E-state index contributed by atoms with van der Waals surface area (Å²) in [5, 5.41) is 5.32. The van der Waals surface area contributed by atoms with Crippen LogP contribution >= 0.6 is 35.1 Å². The molecular weight excluding hydrogens is 362 g/mol. The summed E-state index contributed by atoms with van der Waals surface area (Å²) in [6.07, 6.45) is 3.90. The summed E-state index contributed by atoms with van der Waals surface area (Å²) >= 11 is 8.72. The Kier molecular flexibility index (Phi) is 11.0. The fraction of sp³-hybridized carbons (Fsp3) is 0.500. The third-order valence-corrected chi connectivity index (χ3v) is 3.73. The Morgan fingerprint density at radius 2 is 1.42 bits per heavy atom. The fourth-order valence-corrected chi connectivity index (χ4v) is 2.74. The van der Waals surface area contributed by atoms with Crippen molar-refractivity contribution in [2.75, 3.05) is 17.8 Å². The maximum Gasteiger partial charge on any atom is 0.189 e. The van der Waals surface area contributed by atoms with Crippen molar-refractivity contribution in [2.24, 2.45) is 0 Å². The quantitative estimate of drug-likeness (QED) is 0.443. The van der Waals surface area contributed by atoms with E-state index < -0.39 is 0 Å². The number of thioether (sulfide) groups is 2. The van der Waals surface area contributed by atoms with Gasteiger partial charge in [0.15, 0.2) is 10.3 Å². The van der Waals surface area contributed by atoms with E-state index >= 15 is 0 Å². The lowest BCUT2D eigenvalue weighted by Crippen LogP contribution is -2.11. The SMILES string of the molecule is C.CSc1nc(C)cc(Cl)n1.CSc1nc(C)cc(NC(C)C)n1. The molecule has 5 nitrogen and oxygen atoms in total. The van der Waals surface area contributed by atoms with Gasteiger partial charge >= 0.3 is 0 Å². The fourth-order valence-electron chi connectivity index (χ4n) is 1.60. The number of hydrogen-bond donors (Lipinski definition) is 1. The Hall–Kier alpha value is -1.05. The molecule has 0 radical (unpaired) electrons. The molecule has 0 saturated heterocycles. The standard InChI is InChI=1S/C9H15N3S.C6H7ClN2S.CH4/c1-6(2)10-8-5-7(3)11-9(12-8)13-4;1-4-3-5(7)9-6(8-4)10-2;/h5-6H,1-4H3,(H,10,11,12);3H,1-2H3;1H4. The molecule has 2 heterocycles. The van der Waals surface area contributed by atoms with Crippen molar-refractivity contribution < 1.29 is 0 Å². The Labute approximate surface area is 158 Å². The van der Waals surface area contributed by atoms with Gasteiger partial charge in [0.2, 0.25) is 0 Å². The van der Waals surface area contributed by atoms with Gasteiger partial charge in [-0.25, -0.2) is 19.9 Å². The van der Waals surface area contributed by atoms with E-state index in [1.807, 2.05) is 32.4 Å². The van der Waals surface area contributed by atoms with E-state index in [0.29, 0.717) is 11.2 Å². The zero-order valence-electron chi connectivity index (χ0n) is 14.2. The molecule has 0 aromatic carbocycles. The third kappa shape index (κ3) is 8.70. The van der Waals surface area contributed by atoms with E-state index in [2.05, 4.69) is 39.1 Å². The second-order valence-electron chi connectivity index (χ2n) is 5.00. The zero-order chi connectivity index (χ0) is 17.4. The van der Waals surface area contributed by atoms with Gasteiger partial charge < -0.3 is 5.32 Å². The van der Waals surface area contributed by atoms with Gasteiger partial charge in [0.1, 0.15) is 11.0 Å². The zero-order valence-corrected chi connectivity index (χ0v) is 16.6. The Morgan fingerprint density at radius 3 is 1.88 bits per heavy atom. The van der Waals surface area contributed by atoms with Crippen molar-refractivity contribution in [1.29, 1.82) is 0 Å². The number of nitrogens with one attached hydrogen (secondary N) is 1. The van der Waals surface area contributed by atoms with Crippen LogP contribution in [0, 0.1) is 13.8 Å². The van der Waals surface area contributed by atoms with Gasteiger partial charge in [0, 0.05) is 23.5 Å². The van der Waals surface area contributed by atoms with Crippen LogP contribution in [0.2, 0.25) is 5.15 Å². The molecule has 0 bridgehead atoms. The van der Waals surface area contributed by atoms with Crippen LogP contribution < -0.4 is 5.32 Å². The molecule has 0 amide bonds. The molecule has 1 N–H and O–H groups in total. The molecule has 2 aromatic rings. The van der Waals surface area contributed by atoms with E-state index in [1.165, 1.54) is 11.8 Å². The Balaban J connectivity index is 0.000000436. The van der Waals surface area contributed by atoms with Crippen LogP contribution in [0.1, 0.15) is 32.7 Å². The maximum absolute atomic E-state index is 5.66. The maximum atomic E-state index is 5.66. The van der Waals surface area contributed by atoms with Crippen LogP contribution in [0.5, 0.6) is 0 Å². The summed E-state index contributed by atoms with van der Waals surface area (Å²) < 4.78 is 0. The van der Waals surface area contributed by atoms with Crippen LogP contribution in [0.4, 0.5) is 5.82 Å². The summed E-state index contributed by atoms with van der Waals surface area (Å²) in [7, 11) is 0. The van der Waals surface area contributed by atoms with E-state index in [0.717, 1.165) is 27.5 Å². The first-order valence-corrected chi connectivity index (χ1v) is 9.88. The number of hydrogen-bond acceptors (Lipinski definition) is 7. The summed E-state index contributed by atoms with van der Waals surface area (Å²) in [5.41, 5.74) is 1.91. The summed E-state index contributed by atoms with van der Waals surface area (Å²) in [5.74, 6) is 0.909. The molecule has 2 rings (SSSR count).